The van der Waals surface area contributed by atoms with Crippen LogP contribution in [0.3, 0.4) is 0 Å². The zero-order valence-corrected chi connectivity index (χ0v) is 15.8. The van der Waals surface area contributed by atoms with Crippen LogP contribution in [0.4, 0.5) is 5.82 Å². The van der Waals surface area contributed by atoms with E-state index in [0.717, 1.165) is 22.9 Å². The van der Waals surface area contributed by atoms with Gasteiger partial charge in [-0.2, -0.15) is 13.5 Å². The van der Waals surface area contributed by atoms with Gasteiger partial charge in [-0.25, -0.2) is 9.97 Å². The van der Waals surface area contributed by atoms with Gasteiger partial charge >= 0.3 is 0 Å². The van der Waals surface area contributed by atoms with Crippen LogP contribution in [-0.2, 0) is 20.8 Å². The number of nitrogens with two attached hydrogens (primary N) is 1. The predicted octanol–water partition coefficient (Wildman–Crippen LogP) is 2.31. The number of nitrogen functional groups attached to an aromatic ring is 1. The number of oxazole rings is 1. The zero-order chi connectivity index (χ0) is 19.7. The second-order valence-corrected chi connectivity index (χ2v) is 7.81. The molecule has 0 amide bonds. The highest BCUT2D eigenvalue weighted by atomic mass is 32.2. The summed E-state index contributed by atoms with van der Waals surface area (Å²) in [7, 11) is -3.47. The first-order valence-electron chi connectivity index (χ1n) is 8.38. The first-order chi connectivity index (χ1) is 13.4. The Balaban J connectivity index is 1.60. The van der Waals surface area contributed by atoms with Crippen molar-refractivity contribution in [2.24, 2.45) is 0 Å². The van der Waals surface area contributed by atoms with E-state index in [9.17, 15) is 8.42 Å². The van der Waals surface area contributed by atoms with Crippen LogP contribution in [0.1, 0.15) is 0 Å². The third-order valence-electron chi connectivity index (χ3n) is 4.03. The van der Waals surface area contributed by atoms with E-state index < -0.39 is 10.1 Å². The molecule has 0 fully saturated rings. The van der Waals surface area contributed by atoms with Crippen molar-refractivity contribution in [2.75, 3.05) is 18.6 Å². The SMILES string of the molecule is CS(=O)(=O)OCCn1cc(-c2cnc(N)c(-c3nc4ccccc4o3)c2)cn1. The second kappa shape index (κ2) is 7.06. The lowest BCUT2D eigenvalue weighted by atomic mass is 10.1. The Morgan fingerprint density at radius 2 is 2.04 bits per heavy atom. The van der Waals surface area contributed by atoms with E-state index in [1.807, 2.05) is 30.3 Å². The Kier molecular flexibility index (Phi) is 4.57. The molecule has 4 rings (SSSR count). The molecule has 0 aliphatic heterocycles. The topological polar surface area (TPSA) is 126 Å². The van der Waals surface area contributed by atoms with Crippen molar-refractivity contribution in [2.45, 2.75) is 6.54 Å². The Labute approximate surface area is 160 Å². The molecule has 4 aromatic rings. The molecule has 2 N–H and O–H groups in total. The first-order valence-corrected chi connectivity index (χ1v) is 10.2. The maximum Gasteiger partial charge on any atom is 0.264 e. The summed E-state index contributed by atoms with van der Waals surface area (Å²) in [4.78, 5) is 8.71. The van der Waals surface area contributed by atoms with Gasteiger partial charge in [0.2, 0.25) is 5.89 Å². The standard InChI is InChI=1S/C18H17N5O4S/c1-28(24,25)26-7-6-23-11-13(10-21-23)12-8-14(17(19)20-9-12)18-22-15-4-2-3-5-16(15)27-18/h2-5,8-11H,6-7H2,1H3,(H2,19,20). The molecular weight excluding hydrogens is 382 g/mol. The molecule has 0 aliphatic carbocycles. The fraction of sp³-hybridized carbons (Fsp3) is 0.167. The Hall–Kier alpha value is -3.24. The van der Waals surface area contributed by atoms with Gasteiger partial charge in [0.25, 0.3) is 10.1 Å². The van der Waals surface area contributed by atoms with Gasteiger partial charge in [-0.3, -0.25) is 8.86 Å². The van der Waals surface area contributed by atoms with E-state index in [1.165, 1.54) is 0 Å². The van der Waals surface area contributed by atoms with E-state index in [0.29, 0.717) is 29.4 Å². The van der Waals surface area contributed by atoms with Crippen molar-refractivity contribution in [1.82, 2.24) is 19.7 Å². The number of benzene rings is 1. The summed E-state index contributed by atoms with van der Waals surface area (Å²) in [6, 6.07) is 9.29. The fourth-order valence-electron chi connectivity index (χ4n) is 2.71. The third kappa shape index (κ3) is 3.87. The van der Waals surface area contributed by atoms with Gasteiger partial charge in [0.1, 0.15) is 11.3 Å². The summed E-state index contributed by atoms with van der Waals surface area (Å²) >= 11 is 0. The van der Waals surface area contributed by atoms with Gasteiger partial charge in [0.05, 0.1) is 31.2 Å². The van der Waals surface area contributed by atoms with Crippen LogP contribution >= 0.6 is 0 Å². The highest BCUT2D eigenvalue weighted by Crippen LogP contribution is 2.31. The highest BCUT2D eigenvalue weighted by Gasteiger charge is 2.14. The van der Waals surface area contributed by atoms with E-state index >= 15 is 0 Å². The van der Waals surface area contributed by atoms with Crippen LogP contribution in [0.25, 0.3) is 33.7 Å². The third-order valence-corrected chi connectivity index (χ3v) is 4.62. The van der Waals surface area contributed by atoms with Gasteiger partial charge in [-0.05, 0) is 18.2 Å². The van der Waals surface area contributed by atoms with E-state index in [-0.39, 0.29) is 6.61 Å². The molecule has 3 heterocycles. The smallest absolute Gasteiger partial charge is 0.264 e. The Morgan fingerprint density at radius 1 is 1.21 bits per heavy atom. The number of aromatic nitrogens is 4. The molecule has 144 valence electrons. The average Bonchev–Trinajstić information content (AvgIpc) is 3.28. The maximum absolute atomic E-state index is 11.0. The number of anilines is 1. The van der Waals surface area contributed by atoms with E-state index in [2.05, 4.69) is 15.1 Å². The zero-order valence-electron chi connectivity index (χ0n) is 14.9. The summed E-state index contributed by atoms with van der Waals surface area (Å²) < 4.78 is 34.2. The minimum absolute atomic E-state index is 0.00803. The van der Waals surface area contributed by atoms with Crippen LogP contribution in [0.2, 0.25) is 0 Å². The molecule has 9 nitrogen and oxygen atoms in total. The van der Waals surface area contributed by atoms with Gasteiger partial charge in [-0.15, -0.1) is 0 Å². The largest absolute Gasteiger partial charge is 0.436 e. The van der Waals surface area contributed by atoms with Crippen molar-refractivity contribution in [3.63, 3.8) is 0 Å². The lowest BCUT2D eigenvalue weighted by Gasteiger charge is -2.04. The van der Waals surface area contributed by atoms with Gasteiger partial charge in [0.15, 0.2) is 5.58 Å². The molecule has 3 aromatic heterocycles. The summed E-state index contributed by atoms with van der Waals surface area (Å²) in [6.07, 6.45) is 6.07. The number of nitrogens with zero attached hydrogens (tertiary/aromatic N) is 4. The molecule has 0 unspecified atom stereocenters. The molecule has 28 heavy (non-hydrogen) atoms. The summed E-state index contributed by atoms with van der Waals surface area (Å²) in [5.41, 5.74) is 9.59. The number of hydrogen-bond donors (Lipinski definition) is 1. The molecule has 0 atom stereocenters. The van der Waals surface area contributed by atoms with Crippen molar-refractivity contribution >= 4 is 27.0 Å². The molecule has 0 radical (unpaired) electrons. The quantitative estimate of drug-likeness (QED) is 0.490. The summed E-state index contributed by atoms with van der Waals surface area (Å²) in [5.74, 6) is 0.700. The van der Waals surface area contributed by atoms with Crippen molar-refractivity contribution in [1.29, 1.82) is 0 Å². The van der Waals surface area contributed by atoms with Crippen molar-refractivity contribution in [3.8, 4) is 22.6 Å². The normalized spacial score (nSPS) is 11.9. The number of para-hydroxylation sites is 2. The fourth-order valence-corrected chi connectivity index (χ4v) is 3.09. The molecular formula is C18H17N5O4S. The highest BCUT2D eigenvalue weighted by molar-refractivity contribution is 7.85. The first kappa shape index (κ1) is 18.1. The molecule has 0 aliphatic rings. The van der Waals surface area contributed by atoms with Crippen LogP contribution in [0.15, 0.2) is 53.3 Å². The lowest BCUT2D eigenvalue weighted by molar-refractivity contribution is 0.297. The van der Waals surface area contributed by atoms with Crippen LogP contribution < -0.4 is 5.73 Å². The summed E-state index contributed by atoms with van der Waals surface area (Å²) in [6.45, 7) is 0.307. The summed E-state index contributed by atoms with van der Waals surface area (Å²) in [5, 5.41) is 4.22. The van der Waals surface area contributed by atoms with Crippen LogP contribution in [0, 0.1) is 0 Å². The number of rotatable bonds is 6. The predicted molar refractivity (Wildman–Crippen MR) is 104 cm³/mol. The minimum Gasteiger partial charge on any atom is -0.436 e. The maximum atomic E-state index is 11.0. The van der Waals surface area contributed by atoms with Crippen molar-refractivity contribution < 1.29 is 17.0 Å². The number of fused-ring (bicyclic) bond motifs is 1. The monoisotopic (exact) mass is 399 g/mol. The number of hydrogen-bond acceptors (Lipinski definition) is 8. The van der Waals surface area contributed by atoms with Gasteiger partial charge in [-0.1, -0.05) is 12.1 Å². The van der Waals surface area contributed by atoms with E-state index in [1.54, 1.807) is 23.3 Å². The van der Waals surface area contributed by atoms with Gasteiger partial charge < -0.3 is 10.2 Å². The van der Waals surface area contributed by atoms with E-state index in [4.69, 9.17) is 14.3 Å². The minimum atomic E-state index is -3.47. The molecule has 1 aromatic carbocycles. The Morgan fingerprint density at radius 3 is 2.82 bits per heavy atom. The average molecular weight is 399 g/mol. The molecule has 0 saturated heterocycles. The number of pyridine rings is 1. The molecule has 10 heteroatoms. The van der Waals surface area contributed by atoms with Crippen molar-refractivity contribution in [3.05, 3.63) is 48.9 Å². The lowest BCUT2D eigenvalue weighted by Crippen LogP contribution is -2.10. The molecule has 0 bridgehead atoms. The van der Waals surface area contributed by atoms with Crippen LogP contribution in [-0.4, -0.2) is 41.0 Å². The Bertz CT molecular complexity index is 1210. The second-order valence-electron chi connectivity index (χ2n) is 6.16. The van der Waals surface area contributed by atoms with Crippen LogP contribution in [0.5, 0.6) is 0 Å². The molecule has 0 spiro atoms. The van der Waals surface area contributed by atoms with Gasteiger partial charge in [0, 0.05) is 23.5 Å². The molecule has 0 saturated carbocycles.